The number of nitrogens with zero attached hydrogens (tertiary/aromatic N) is 6. The number of H-pyrrole nitrogens is 1. The molecular formula is C19H21N7O3S. The molecule has 0 saturated carbocycles. The van der Waals surface area contributed by atoms with Crippen molar-refractivity contribution in [1.29, 1.82) is 0 Å². The normalized spacial score (nSPS) is 14.7. The fraction of sp³-hybridized carbons (Fsp3) is 0.316. The van der Waals surface area contributed by atoms with Crippen LogP contribution in [-0.4, -0.2) is 70.3 Å². The topological polar surface area (TPSA) is 113 Å². The molecule has 3 heterocycles. The number of aromatic nitrogens is 4. The highest BCUT2D eigenvalue weighted by molar-refractivity contribution is 7.99. The van der Waals surface area contributed by atoms with Gasteiger partial charge in [-0.1, -0.05) is 0 Å². The van der Waals surface area contributed by atoms with Gasteiger partial charge >= 0.3 is 5.82 Å². The van der Waals surface area contributed by atoms with Crippen LogP contribution >= 0.6 is 11.8 Å². The van der Waals surface area contributed by atoms with Gasteiger partial charge in [0.15, 0.2) is 0 Å². The number of anilines is 1. The number of aromatic amines is 1. The van der Waals surface area contributed by atoms with Crippen molar-refractivity contribution in [3.8, 4) is 17.0 Å². The first-order valence-electron chi connectivity index (χ1n) is 9.35. The molecule has 1 aromatic carbocycles. The summed E-state index contributed by atoms with van der Waals surface area (Å²) in [7, 11) is 3.76. The zero-order chi connectivity index (χ0) is 21.1. The summed E-state index contributed by atoms with van der Waals surface area (Å²) < 4.78 is 5.75. The molecule has 156 valence electrons. The lowest BCUT2D eigenvalue weighted by Crippen LogP contribution is -2.44. The van der Waals surface area contributed by atoms with Gasteiger partial charge in [-0.05, 0) is 46.9 Å². The summed E-state index contributed by atoms with van der Waals surface area (Å²) in [4.78, 5) is 23.9. The second kappa shape index (κ2) is 8.67. The van der Waals surface area contributed by atoms with Gasteiger partial charge in [0, 0.05) is 42.8 Å². The number of benzene rings is 1. The second-order valence-electron chi connectivity index (χ2n) is 6.85. The Labute approximate surface area is 177 Å². The number of nitrogens with one attached hydrogen (secondary N) is 1. The summed E-state index contributed by atoms with van der Waals surface area (Å²) in [6.45, 7) is 3.69. The first-order valence-corrected chi connectivity index (χ1v) is 10.2. The SMILES string of the molecule is COc1cc(Sc2cncc([N+](=O)[O-])n2)cc(-c2cc[nH]n2)c1N1CCN(C)CC1. The predicted molar refractivity (Wildman–Crippen MR) is 113 cm³/mol. The fourth-order valence-corrected chi connectivity index (χ4v) is 4.19. The molecule has 0 radical (unpaired) electrons. The van der Waals surface area contributed by atoms with E-state index in [0.29, 0.717) is 5.03 Å². The van der Waals surface area contributed by atoms with Crippen molar-refractivity contribution in [2.24, 2.45) is 0 Å². The van der Waals surface area contributed by atoms with E-state index in [4.69, 9.17) is 4.74 Å². The number of methoxy groups -OCH3 is 1. The molecule has 1 N–H and O–H groups in total. The summed E-state index contributed by atoms with van der Waals surface area (Å²) in [6.07, 6.45) is 4.42. The van der Waals surface area contributed by atoms with Crippen LogP contribution in [-0.2, 0) is 0 Å². The fourth-order valence-electron chi connectivity index (χ4n) is 3.36. The van der Waals surface area contributed by atoms with E-state index in [9.17, 15) is 10.1 Å². The molecule has 30 heavy (non-hydrogen) atoms. The predicted octanol–water partition coefficient (Wildman–Crippen LogP) is 2.69. The highest BCUT2D eigenvalue weighted by Gasteiger charge is 2.24. The summed E-state index contributed by atoms with van der Waals surface area (Å²) in [5, 5.41) is 18.7. The Balaban J connectivity index is 1.75. The van der Waals surface area contributed by atoms with E-state index in [1.54, 1.807) is 13.3 Å². The standard InChI is InChI=1S/C19H21N7O3S/c1-24-5-7-25(8-6-24)19-14(15-3-4-21-23-15)9-13(10-16(19)29-2)30-18-12-20-11-17(22-18)26(27)28/h3-4,9-12H,5-8H2,1-2H3,(H,21,23). The molecule has 0 aliphatic carbocycles. The van der Waals surface area contributed by atoms with Crippen molar-refractivity contribution in [3.05, 3.63) is 46.9 Å². The Morgan fingerprint density at radius 3 is 2.70 bits per heavy atom. The van der Waals surface area contributed by atoms with Gasteiger partial charge in [-0.15, -0.1) is 0 Å². The molecule has 1 fully saturated rings. The van der Waals surface area contributed by atoms with Crippen LogP contribution in [0.1, 0.15) is 0 Å². The average molecular weight is 427 g/mol. The number of ether oxygens (including phenoxy) is 1. The Bertz CT molecular complexity index is 1040. The quantitative estimate of drug-likeness (QED) is 0.468. The van der Waals surface area contributed by atoms with Crippen LogP contribution in [0.15, 0.2) is 46.7 Å². The van der Waals surface area contributed by atoms with E-state index in [-0.39, 0.29) is 5.82 Å². The molecule has 3 aromatic rings. The third kappa shape index (κ3) is 4.21. The average Bonchev–Trinajstić information content (AvgIpc) is 3.29. The molecule has 0 spiro atoms. The van der Waals surface area contributed by atoms with E-state index < -0.39 is 4.92 Å². The third-order valence-corrected chi connectivity index (χ3v) is 5.75. The molecule has 0 unspecified atom stereocenters. The summed E-state index contributed by atoms with van der Waals surface area (Å²) >= 11 is 1.29. The molecule has 2 aromatic heterocycles. The monoisotopic (exact) mass is 427 g/mol. The zero-order valence-electron chi connectivity index (χ0n) is 16.6. The van der Waals surface area contributed by atoms with E-state index >= 15 is 0 Å². The number of hydrogen-bond donors (Lipinski definition) is 1. The van der Waals surface area contributed by atoms with E-state index in [0.717, 1.165) is 60.0 Å². The molecule has 1 saturated heterocycles. The third-order valence-electron chi connectivity index (χ3n) is 4.87. The molecule has 10 nitrogen and oxygen atoms in total. The minimum Gasteiger partial charge on any atom is -0.495 e. The second-order valence-corrected chi connectivity index (χ2v) is 7.94. The molecule has 0 atom stereocenters. The molecule has 1 aliphatic heterocycles. The van der Waals surface area contributed by atoms with Gasteiger partial charge in [0.1, 0.15) is 11.9 Å². The number of piperazine rings is 1. The van der Waals surface area contributed by atoms with Crippen molar-refractivity contribution in [1.82, 2.24) is 25.1 Å². The van der Waals surface area contributed by atoms with Gasteiger partial charge in [-0.3, -0.25) is 10.1 Å². The molecule has 11 heteroatoms. The van der Waals surface area contributed by atoms with Crippen LogP contribution in [0.5, 0.6) is 5.75 Å². The lowest BCUT2D eigenvalue weighted by Gasteiger charge is -2.36. The van der Waals surface area contributed by atoms with Gasteiger partial charge in [0.2, 0.25) is 5.03 Å². The Kier molecular flexibility index (Phi) is 5.81. The lowest BCUT2D eigenvalue weighted by molar-refractivity contribution is -0.390. The number of likely N-dealkylation sites (N-methyl/N-ethyl adjacent to an activating group) is 1. The summed E-state index contributed by atoms with van der Waals surface area (Å²) in [5.41, 5.74) is 2.73. The van der Waals surface area contributed by atoms with E-state index in [1.807, 2.05) is 18.2 Å². The molecule has 4 rings (SSSR count). The molecule has 0 bridgehead atoms. The van der Waals surface area contributed by atoms with Gasteiger partial charge < -0.3 is 24.7 Å². The number of rotatable bonds is 6. The maximum absolute atomic E-state index is 11.0. The zero-order valence-corrected chi connectivity index (χ0v) is 17.4. The first kappa shape index (κ1) is 20.1. The van der Waals surface area contributed by atoms with Crippen LogP contribution in [0.2, 0.25) is 0 Å². The number of nitro groups is 1. The van der Waals surface area contributed by atoms with Crippen molar-refractivity contribution in [3.63, 3.8) is 0 Å². The Hall–Kier alpha value is -3.18. The number of hydrogen-bond acceptors (Lipinski definition) is 9. The minimum absolute atomic E-state index is 0.284. The van der Waals surface area contributed by atoms with Gasteiger partial charge in [-0.2, -0.15) is 5.10 Å². The van der Waals surface area contributed by atoms with Gasteiger partial charge in [-0.25, -0.2) is 0 Å². The van der Waals surface area contributed by atoms with Crippen LogP contribution in [0.25, 0.3) is 11.3 Å². The van der Waals surface area contributed by atoms with Crippen LogP contribution < -0.4 is 9.64 Å². The van der Waals surface area contributed by atoms with E-state index in [1.165, 1.54) is 18.0 Å². The van der Waals surface area contributed by atoms with Gasteiger partial charge in [0.25, 0.3) is 0 Å². The highest BCUT2D eigenvalue weighted by atomic mass is 32.2. The van der Waals surface area contributed by atoms with Crippen molar-refractivity contribution >= 4 is 23.3 Å². The Morgan fingerprint density at radius 2 is 2.03 bits per heavy atom. The maximum Gasteiger partial charge on any atom is 0.383 e. The highest BCUT2D eigenvalue weighted by Crippen LogP contribution is 2.43. The molecule has 1 aliphatic rings. The maximum atomic E-state index is 11.0. The van der Waals surface area contributed by atoms with Gasteiger partial charge in [0.05, 0.1) is 24.7 Å². The van der Waals surface area contributed by atoms with Crippen LogP contribution in [0.3, 0.4) is 0 Å². The van der Waals surface area contributed by atoms with Crippen molar-refractivity contribution in [2.75, 3.05) is 45.2 Å². The smallest absolute Gasteiger partial charge is 0.383 e. The van der Waals surface area contributed by atoms with Crippen LogP contribution in [0.4, 0.5) is 11.5 Å². The summed E-state index contributed by atoms with van der Waals surface area (Å²) in [6, 6.07) is 5.85. The largest absolute Gasteiger partial charge is 0.495 e. The molecule has 0 amide bonds. The summed E-state index contributed by atoms with van der Waals surface area (Å²) in [5.74, 6) is 0.439. The first-order chi connectivity index (χ1) is 14.5. The minimum atomic E-state index is -0.552. The van der Waals surface area contributed by atoms with E-state index in [2.05, 4.69) is 37.0 Å². The molecular weight excluding hydrogens is 406 g/mol. The van der Waals surface area contributed by atoms with Crippen molar-refractivity contribution in [2.45, 2.75) is 9.92 Å². The Morgan fingerprint density at radius 1 is 1.23 bits per heavy atom. The lowest BCUT2D eigenvalue weighted by atomic mass is 10.1. The van der Waals surface area contributed by atoms with Crippen LogP contribution in [0, 0.1) is 10.1 Å². The van der Waals surface area contributed by atoms with Crippen molar-refractivity contribution < 1.29 is 9.66 Å².